The number of nitrogens with one attached hydrogen (secondary N) is 6. The van der Waals surface area contributed by atoms with Crippen molar-refractivity contribution in [2.75, 3.05) is 47.6 Å². The molecular formula is C44H62N18O7. The molecule has 3 fully saturated rings. The highest BCUT2D eigenvalue weighted by Gasteiger charge is 2.44. The van der Waals surface area contributed by atoms with Crippen molar-refractivity contribution in [2.45, 2.75) is 139 Å². The lowest BCUT2D eigenvalue weighted by molar-refractivity contribution is -0.125. The molecule has 69 heavy (non-hydrogen) atoms. The quantitative estimate of drug-likeness (QED) is 0.0474. The minimum Gasteiger partial charge on any atom is -0.391 e. The summed E-state index contributed by atoms with van der Waals surface area (Å²) < 4.78 is 7.59. The molecular weight excluding hydrogens is 893 g/mol. The van der Waals surface area contributed by atoms with Crippen LogP contribution in [0.4, 0.5) is 23.5 Å². The largest absolute Gasteiger partial charge is 0.391 e. The SMILES string of the molecule is CCn1cnc(CCNc2nc(NC3CCC(Nc4nc(NCCc5cn(CC)cn5)nc5c4ncn5[C@@H]4C[C@H](NC(=O)CO)C[C@H]4O)CC3)c3ncn([C@@H]4C[C@H](NC(=O)CO)[C@@H](O)[C@H]4O)c3n2)c1. The summed E-state index contributed by atoms with van der Waals surface area (Å²) in [5, 5.41) is 71.3. The first-order valence-corrected chi connectivity index (χ1v) is 23.9. The smallest absolute Gasteiger partial charge is 0.246 e. The number of hydrogen-bond acceptors (Lipinski definition) is 19. The molecule has 0 spiro atoms. The van der Waals surface area contributed by atoms with E-state index in [2.05, 4.69) is 55.7 Å². The fourth-order valence-electron chi connectivity index (χ4n) is 9.83. The zero-order valence-corrected chi connectivity index (χ0v) is 38.7. The van der Waals surface area contributed by atoms with Crippen LogP contribution in [0.5, 0.6) is 0 Å². The van der Waals surface area contributed by atoms with E-state index in [9.17, 15) is 35.1 Å². The highest BCUT2D eigenvalue weighted by Crippen LogP contribution is 2.37. The maximum Gasteiger partial charge on any atom is 0.246 e. The van der Waals surface area contributed by atoms with Gasteiger partial charge >= 0.3 is 0 Å². The number of nitrogens with zero attached hydrogens (tertiary/aromatic N) is 12. The second-order valence-corrected chi connectivity index (χ2v) is 18.2. The van der Waals surface area contributed by atoms with Crippen LogP contribution >= 0.6 is 0 Å². The third-order valence-electron chi connectivity index (χ3n) is 13.5. The third-order valence-corrected chi connectivity index (χ3v) is 13.5. The van der Waals surface area contributed by atoms with Gasteiger partial charge in [0.2, 0.25) is 23.7 Å². The van der Waals surface area contributed by atoms with Gasteiger partial charge in [0.25, 0.3) is 0 Å². The summed E-state index contributed by atoms with van der Waals surface area (Å²) in [4.78, 5) is 62.0. The molecule has 0 aliphatic heterocycles. The average molecular weight is 955 g/mol. The Kier molecular flexibility index (Phi) is 14.5. The molecule has 11 N–H and O–H groups in total. The van der Waals surface area contributed by atoms with E-state index in [4.69, 9.17) is 29.9 Å². The molecule has 25 nitrogen and oxygen atoms in total. The van der Waals surface area contributed by atoms with Crippen molar-refractivity contribution in [1.82, 2.24) is 68.8 Å². The van der Waals surface area contributed by atoms with E-state index < -0.39 is 61.5 Å². The Labute approximate surface area is 396 Å². The maximum absolute atomic E-state index is 12.0. The monoisotopic (exact) mass is 955 g/mol. The van der Waals surface area contributed by atoms with E-state index in [1.54, 1.807) is 23.5 Å². The van der Waals surface area contributed by atoms with Gasteiger partial charge in [0, 0.05) is 69.5 Å². The van der Waals surface area contributed by atoms with Gasteiger partial charge < -0.3 is 75.7 Å². The standard InChI is InChI=1S/C44H62N18O7/c1-3-59-16-26(47-20-59)9-11-45-43-55-39(35-41(57-43)61(22-49-35)30-13-28(14-32(30)65)51-33(66)18-63)52-24-5-7-25(8-6-24)53-40-36-42(58-44(56-40)46-12-10-27-17-60(4-2)21-48-27)62(23-50-36)31-15-29(37(68)38(31)69)54-34(67)19-64/h16-17,20-25,28-32,37-38,63-65,68-69H,3-15,18-19H2,1-2H3,(H,51,66)(H,54,67)(H2,45,52,55,57)(H2,46,53,56,58)/t24?,25?,28-,29-,30+,31+,32+,37+,38-/m0/s1. The highest BCUT2D eigenvalue weighted by atomic mass is 16.3. The van der Waals surface area contributed by atoms with Gasteiger partial charge in [-0.05, 0) is 58.8 Å². The summed E-state index contributed by atoms with van der Waals surface area (Å²) in [6.45, 7) is 5.42. The van der Waals surface area contributed by atoms with E-state index in [1.807, 2.05) is 32.4 Å². The lowest BCUT2D eigenvalue weighted by Gasteiger charge is -2.30. The predicted molar refractivity (Wildman–Crippen MR) is 252 cm³/mol. The molecule has 6 aromatic heterocycles. The van der Waals surface area contributed by atoms with Crippen molar-refractivity contribution < 1.29 is 35.1 Å². The lowest BCUT2D eigenvalue weighted by atomic mass is 9.91. The third kappa shape index (κ3) is 10.6. The van der Waals surface area contributed by atoms with Crippen LogP contribution in [0.15, 0.2) is 37.7 Å². The predicted octanol–water partition coefficient (Wildman–Crippen LogP) is -0.140. The summed E-state index contributed by atoms with van der Waals surface area (Å²) in [5.74, 6) is 0.670. The minimum atomic E-state index is -1.27. The van der Waals surface area contributed by atoms with E-state index in [-0.39, 0.29) is 24.5 Å². The van der Waals surface area contributed by atoms with Crippen molar-refractivity contribution in [2.24, 2.45) is 0 Å². The van der Waals surface area contributed by atoms with Crippen LogP contribution in [-0.2, 0) is 35.5 Å². The summed E-state index contributed by atoms with van der Waals surface area (Å²) in [6.07, 6.45) is 12.8. The molecule has 0 saturated heterocycles. The first-order chi connectivity index (χ1) is 33.5. The molecule has 3 aliphatic carbocycles. The normalized spacial score (nSPS) is 24.8. The molecule has 6 heterocycles. The van der Waals surface area contributed by atoms with Gasteiger partial charge in [0.1, 0.15) is 25.4 Å². The molecule has 370 valence electrons. The first kappa shape index (κ1) is 47.5. The maximum atomic E-state index is 12.0. The number of aliphatic hydroxyl groups is 5. The van der Waals surface area contributed by atoms with Crippen LogP contribution in [0.1, 0.15) is 82.3 Å². The number of anilines is 4. The van der Waals surface area contributed by atoms with Gasteiger partial charge in [0.05, 0.1) is 60.9 Å². The topological polar surface area (TPSA) is 330 Å². The minimum absolute atomic E-state index is 0.00953. The number of aryl methyl sites for hydroxylation is 2. The van der Waals surface area contributed by atoms with E-state index >= 15 is 0 Å². The number of rotatable bonds is 20. The van der Waals surface area contributed by atoms with Crippen LogP contribution in [-0.4, -0.2) is 164 Å². The van der Waals surface area contributed by atoms with Crippen molar-refractivity contribution in [1.29, 1.82) is 0 Å². The molecule has 0 unspecified atom stereocenters. The number of amides is 2. The van der Waals surface area contributed by atoms with Gasteiger partial charge in [-0.3, -0.25) is 9.59 Å². The van der Waals surface area contributed by atoms with Crippen LogP contribution in [0.3, 0.4) is 0 Å². The lowest BCUT2D eigenvalue weighted by Crippen LogP contribution is -2.44. The van der Waals surface area contributed by atoms with Crippen LogP contribution in [0, 0.1) is 0 Å². The van der Waals surface area contributed by atoms with Crippen LogP contribution in [0.25, 0.3) is 22.3 Å². The summed E-state index contributed by atoms with van der Waals surface area (Å²) >= 11 is 0. The molecule has 0 radical (unpaired) electrons. The zero-order chi connectivity index (χ0) is 48.2. The Morgan fingerprint density at radius 3 is 1.61 bits per heavy atom. The Balaban J connectivity index is 0.920. The van der Waals surface area contributed by atoms with E-state index in [0.29, 0.717) is 84.6 Å². The molecule has 7 atom stereocenters. The molecule has 9 rings (SSSR count). The van der Waals surface area contributed by atoms with Crippen molar-refractivity contribution in [3.05, 3.63) is 49.1 Å². The number of hydrogen-bond donors (Lipinski definition) is 11. The summed E-state index contributed by atoms with van der Waals surface area (Å²) in [5.41, 5.74) is 3.88. The molecule has 6 aromatic rings. The van der Waals surface area contributed by atoms with Crippen LogP contribution in [0.2, 0.25) is 0 Å². The molecule has 25 heteroatoms. The molecule has 3 saturated carbocycles. The van der Waals surface area contributed by atoms with Gasteiger partial charge in [-0.2, -0.15) is 19.9 Å². The van der Waals surface area contributed by atoms with E-state index in [1.165, 1.54) is 0 Å². The number of aliphatic hydroxyl groups excluding tert-OH is 5. The second-order valence-electron chi connectivity index (χ2n) is 18.2. The summed E-state index contributed by atoms with van der Waals surface area (Å²) in [6, 6.07) is -2.16. The van der Waals surface area contributed by atoms with Gasteiger partial charge in [-0.1, -0.05) is 0 Å². The van der Waals surface area contributed by atoms with Gasteiger partial charge in [-0.25, -0.2) is 19.9 Å². The number of aromatic nitrogens is 12. The summed E-state index contributed by atoms with van der Waals surface area (Å²) in [7, 11) is 0. The fraction of sp³-hybridized carbons (Fsp3) is 0.591. The molecule has 0 aromatic carbocycles. The number of imidazole rings is 4. The van der Waals surface area contributed by atoms with Crippen LogP contribution < -0.4 is 31.9 Å². The van der Waals surface area contributed by atoms with Crippen molar-refractivity contribution >= 4 is 57.7 Å². The van der Waals surface area contributed by atoms with Gasteiger partial charge in [-0.15, -0.1) is 0 Å². The molecule has 3 aliphatic rings. The van der Waals surface area contributed by atoms with Gasteiger partial charge in [0.15, 0.2) is 34.0 Å². The highest BCUT2D eigenvalue weighted by molar-refractivity contribution is 5.86. The average Bonchev–Trinajstić information content (AvgIpc) is 4.23. The Morgan fingerprint density at radius 1 is 0.609 bits per heavy atom. The number of fused-ring (bicyclic) bond motifs is 2. The zero-order valence-electron chi connectivity index (χ0n) is 38.7. The van der Waals surface area contributed by atoms with E-state index in [0.717, 1.165) is 50.2 Å². The first-order valence-electron chi connectivity index (χ1n) is 23.9. The fourth-order valence-corrected chi connectivity index (χ4v) is 9.83. The number of carbonyl (C=O) groups is 2. The Bertz CT molecular complexity index is 2710. The molecule has 0 bridgehead atoms. The Morgan fingerprint density at radius 2 is 1.12 bits per heavy atom. The number of carbonyl (C=O) groups excluding carboxylic acids is 2. The van der Waals surface area contributed by atoms with Crippen molar-refractivity contribution in [3.8, 4) is 0 Å². The molecule has 2 amide bonds. The Hall–Kier alpha value is -6.54. The van der Waals surface area contributed by atoms with Crippen molar-refractivity contribution in [3.63, 3.8) is 0 Å². The second kappa shape index (κ2) is 21.0.